The predicted molar refractivity (Wildman–Crippen MR) is 90.7 cm³/mol. The van der Waals surface area contributed by atoms with E-state index >= 15 is 0 Å². The normalized spacial score (nSPS) is 20.0. The molecule has 1 fully saturated rings. The summed E-state index contributed by atoms with van der Waals surface area (Å²) < 4.78 is 33.3. The second kappa shape index (κ2) is 7.77. The highest BCUT2D eigenvalue weighted by molar-refractivity contribution is 9.10. The first-order chi connectivity index (χ1) is 10.5. The third kappa shape index (κ3) is 4.01. The topological polar surface area (TPSA) is 58.6 Å². The molecule has 1 atom stereocenters. The minimum atomic E-state index is -3.45. The molecule has 1 aromatic carbocycles. The summed E-state index contributed by atoms with van der Waals surface area (Å²) in [5, 5.41) is 3.13. The number of nitrogens with one attached hydrogen (secondary N) is 1. The molecular weight excluding hydrogens is 368 g/mol. The van der Waals surface area contributed by atoms with Crippen molar-refractivity contribution in [2.75, 3.05) is 33.3 Å². The molecule has 1 aliphatic rings. The molecular formula is C15H23BrN2O3S. The quantitative estimate of drug-likeness (QED) is 0.810. The molecule has 0 saturated carbocycles. The zero-order chi connectivity index (χ0) is 16.2. The van der Waals surface area contributed by atoms with Gasteiger partial charge in [-0.25, -0.2) is 8.42 Å². The predicted octanol–water partition coefficient (Wildman–Crippen LogP) is 2.47. The Morgan fingerprint density at radius 1 is 1.45 bits per heavy atom. The van der Waals surface area contributed by atoms with Crippen LogP contribution in [-0.4, -0.2) is 46.0 Å². The van der Waals surface area contributed by atoms with Crippen LogP contribution in [0.5, 0.6) is 5.75 Å². The van der Waals surface area contributed by atoms with Gasteiger partial charge in [0, 0.05) is 13.1 Å². The van der Waals surface area contributed by atoms with Crippen molar-refractivity contribution in [3.8, 4) is 5.75 Å². The van der Waals surface area contributed by atoms with E-state index in [9.17, 15) is 8.42 Å². The van der Waals surface area contributed by atoms with Crippen molar-refractivity contribution >= 4 is 26.0 Å². The van der Waals surface area contributed by atoms with E-state index in [0.717, 1.165) is 19.4 Å². The van der Waals surface area contributed by atoms with E-state index in [0.29, 0.717) is 40.7 Å². The first-order valence-electron chi connectivity index (χ1n) is 7.56. The molecule has 124 valence electrons. The number of hydrogen-bond donors (Lipinski definition) is 1. The van der Waals surface area contributed by atoms with Crippen LogP contribution in [-0.2, 0) is 10.0 Å². The summed E-state index contributed by atoms with van der Waals surface area (Å²) in [5.74, 6) is 1.04. The van der Waals surface area contributed by atoms with Gasteiger partial charge in [0.25, 0.3) is 0 Å². The Bertz CT molecular complexity index is 605. The van der Waals surface area contributed by atoms with Gasteiger partial charge >= 0.3 is 0 Å². The van der Waals surface area contributed by atoms with Crippen LogP contribution in [0.3, 0.4) is 0 Å². The van der Waals surface area contributed by atoms with Crippen molar-refractivity contribution in [3.63, 3.8) is 0 Å². The first-order valence-corrected chi connectivity index (χ1v) is 9.79. The molecule has 1 aromatic rings. The Hall–Kier alpha value is -0.630. The number of halogens is 1. The van der Waals surface area contributed by atoms with E-state index in [2.05, 4.69) is 21.2 Å². The fourth-order valence-corrected chi connectivity index (χ4v) is 4.99. The molecule has 5 nitrogen and oxygen atoms in total. The van der Waals surface area contributed by atoms with Gasteiger partial charge in [0.1, 0.15) is 5.75 Å². The SMILES string of the molecule is CCOc1ccc(S(=O)(=O)N2CCC[C@H](CNC)C2)cc1Br. The van der Waals surface area contributed by atoms with Crippen LogP contribution in [0.1, 0.15) is 19.8 Å². The van der Waals surface area contributed by atoms with Gasteiger partial charge in [-0.2, -0.15) is 4.31 Å². The first kappa shape index (κ1) is 17.7. The Labute approximate surface area is 141 Å². The average molecular weight is 391 g/mol. The Balaban J connectivity index is 2.20. The van der Waals surface area contributed by atoms with Crippen molar-refractivity contribution in [1.82, 2.24) is 9.62 Å². The summed E-state index contributed by atoms with van der Waals surface area (Å²) in [6, 6.07) is 4.95. The van der Waals surface area contributed by atoms with Crippen LogP contribution in [0.2, 0.25) is 0 Å². The number of piperidine rings is 1. The molecule has 0 spiro atoms. The second-order valence-electron chi connectivity index (χ2n) is 5.45. The Morgan fingerprint density at radius 2 is 2.23 bits per heavy atom. The fraction of sp³-hybridized carbons (Fsp3) is 0.600. The van der Waals surface area contributed by atoms with Crippen LogP contribution >= 0.6 is 15.9 Å². The summed E-state index contributed by atoms with van der Waals surface area (Å²) in [6.45, 7) is 4.45. The van der Waals surface area contributed by atoms with Gasteiger partial charge in [-0.15, -0.1) is 0 Å². The van der Waals surface area contributed by atoms with E-state index in [-0.39, 0.29) is 0 Å². The van der Waals surface area contributed by atoms with Gasteiger partial charge in [0.15, 0.2) is 0 Å². The van der Waals surface area contributed by atoms with E-state index in [1.807, 2.05) is 14.0 Å². The van der Waals surface area contributed by atoms with E-state index in [1.54, 1.807) is 22.5 Å². The highest BCUT2D eigenvalue weighted by Gasteiger charge is 2.30. The maximum absolute atomic E-state index is 12.8. The van der Waals surface area contributed by atoms with Gasteiger partial charge in [-0.05, 0) is 73.4 Å². The lowest BCUT2D eigenvalue weighted by molar-refractivity contribution is 0.263. The summed E-state index contributed by atoms with van der Waals surface area (Å²) in [6.07, 6.45) is 1.98. The summed E-state index contributed by atoms with van der Waals surface area (Å²) in [5.41, 5.74) is 0. The molecule has 2 rings (SSSR count). The second-order valence-corrected chi connectivity index (χ2v) is 8.25. The number of ether oxygens (including phenoxy) is 1. The van der Waals surface area contributed by atoms with Gasteiger partial charge in [-0.1, -0.05) is 0 Å². The van der Waals surface area contributed by atoms with Crippen molar-refractivity contribution < 1.29 is 13.2 Å². The fourth-order valence-electron chi connectivity index (χ4n) is 2.76. The largest absolute Gasteiger partial charge is 0.493 e. The standard InChI is InChI=1S/C15H23BrN2O3S/c1-3-21-15-7-6-13(9-14(15)16)22(19,20)18-8-4-5-12(11-18)10-17-2/h6-7,9,12,17H,3-5,8,10-11H2,1-2H3/t12-/m1/s1. The van der Waals surface area contributed by atoms with Crippen molar-refractivity contribution in [2.45, 2.75) is 24.7 Å². The lowest BCUT2D eigenvalue weighted by Crippen LogP contribution is -2.42. The van der Waals surface area contributed by atoms with E-state index in [1.165, 1.54) is 0 Å². The minimum Gasteiger partial charge on any atom is -0.493 e. The smallest absolute Gasteiger partial charge is 0.243 e. The molecule has 0 bridgehead atoms. The zero-order valence-corrected chi connectivity index (χ0v) is 15.4. The third-order valence-electron chi connectivity index (χ3n) is 3.82. The highest BCUT2D eigenvalue weighted by atomic mass is 79.9. The minimum absolute atomic E-state index is 0.313. The maximum Gasteiger partial charge on any atom is 0.243 e. The van der Waals surface area contributed by atoms with E-state index in [4.69, 9.17) is 4.74 Å². The number of rotatable bonds is 6. The molecule has 1 N–H and O–H groups in total. The Morgan fingerprint density at radius 3 is 2.86 bits per heavy atom. The number of nitrogens with zero attached hydrogens (tertiary/aromatic N) is 1. The van der Waals surface area contributed by atoms with Gasteiger partial charge in [0.05, 0.1) is 16.0 Å². The van der Waals surface area contributed by atoms with Crippen LogP contribution in [0.25, 0.3) is 0 Å². The number of sulfonamides is 1. The number of benzene rings is 1. The molecule has 1 saturated heterocycles. The van der Waals surface area contributed by atoms with Gasteiger partial charge < -0.3 is 10.1 Å². The summed E-state index contributed by atoms with van der Waals surface area (Å²) >= 11 is 3.38. The molecule has 0 aromatic heterocycles. The lowest BCUT2D eigenvalue weighted by atomic mass is 10.00. The maximum atomic E-state index is 12.8. The monoisotopic (exact) mass is 390 g/mol. The molecule has 0 aliphatic carbocycles. The van der Waals surface area contributed by atoms with Gasteiger partial charge in [-0.3, -0.25) is 0 Å². The number of hydrogen-bond acceptors (Lipinski definition) is 4. The van der Waals surface area contributed by atoms with Crippen molar-refractivity contribution in [1.29, 1.82) is 0 Å². The molecule has 0 unspecified atom stereocenters. The van der Waals surface area contributed by atoms with Crippen LogP contribution in [0.15, 0.2) is 27.6 Å². The highest BCUT2D eigenvalue weighted by Crippen LogP contribution is 2.30. The molecule has 1 aliphatic heterocycles. The average Bonchev–Trinajstić information content (AvgIpc) is 2.50. The van der Waals surface area contributed by atoms with Crippen molar-refractivity contribution in [2.24, 2.45) is 5.92 Å². The van der Waals surface area contributed by atoms with Crippen molar-refractivity contribution in [3.05, 3.63) is 22.7 Å². The molecule has 0 amide bonds. The summed E-state index contributed by atoms with van der Waals surface area (Å²) in [4.78, 5) is 0.313. The molecule has 0 radical (unpaired) electrons. The Kier molecular flexibility index (Phi) is 6.26. The summed E-state index contributed by atoms with van der Waals surface area (Å²) in [7, 11) is -1.55. The third-order valence-corrected chi connectivity index (χ3v) is 6.30. The van der Waals surface area contributed by atoms with E-state index < -0.39 is 10.0 Å². The zero-order valence-electron chi connectivity index (χ0n) is 13.0. The van der Waals surface area contributed by atoms with Crippen LogP contribution in [0, 0.1) is 5.92 Å². The van der Waals surface area contributed by atoms with Crippen LogP contribution < -0.4 is 10.1 Å². The van der Waals surface area contributed by atoms with Crippen LogP contribution in [0.4, 0.5) is 0 Å². The lowest BCUT2D eigenvalue weighted by Gasteiger charge is -2.31. The molecule has 7 heteroatoms. The molecule has 1 heterocycles. The van der Waals surface area contributed by atoms with Gasteiger partial charge in [0.2, 0.25) is 10.0 Å². The molecule has 22 heavy (non-hydrogen) atoms.